The molecule has 0 N–H and O–H groups in total. The first-order valence-corrected chi connectivity index (χ1v) is 8.22. The number of hydrogen-bond acceptors (Lipinski definition) is 5. The summed E-state index contributed by atoms with van der Waals surface area (Å²) in [7, 11) is 2.90. The molecular formula is C12H18ClNO5S. The number of halogens is 1. The van der Waals surface area contributed by atoms with Crippen LogP contribution in [0.3, 0.4) is 0 Å². The first-order chi connectivity index (χ1) is 9.04. The standard InChI is InChI=1S/C12H18ClNO5S/c1-12(2,3)19-11(15)10-7-9(20(13,16)17)8-14(10)5-6-18-4/h7-8H,5-6H2,1-4H3. The van der Waals surface area contributed by atoms with E-state index in [0.717, 1.165) is 0 Å². The van der Waals surface area contributed by atoms with E-state index < -0.39 is 20.6 Å². The molecule has 0 aliphatic rings. The van der Waals surface area contributed by atoms with Crippen molar-refractivity contribution in [3.63, 3.8) is 0 Å². The highest BCUT2D eigenvalue weighted by Crippen LogP contribution is 2.21. The van der Waals surface area contributed by atoms with E-state index in [-0.39, 0.29) is 10.6 Å². The molecule has 0 aliphatic carbocycles. The number of hydrogen-bond donors (Lipinski definition) is 0. The van der Waals surface area contributed by atoms with E-state index in [2.05, 4.69) is 0 Å². The SMILES string of the molecule is COCCn1cc(S(=O)(=O)Cl)cc1C(=O)OC(C)(C)C. The summed E-state index contributed by atoms with van der Waals surface area (Å²) in [5.74, 6) is -0.611. The normalized spacial score (nSPS) is 12.4. The van der Waals surface area contributed by atoms with Gasteiger partial charge in [0.25, 0.3) is 9.05 Å². The Morgan fingerprint density at radius 1 is 1.40 bits per heavy atom. The summed E-state index contributed by atoms with van der Waals surface area (Å²) in [6, 6.07) is 1.20. The van der Waals surface area contributed by atoms with Crippen LogP contribution < -0.4 is 0 Å². The minimum Gasteiger partial charge on any atom is -0.455 e. The molecule has 0 unspecified atom stereocenters. The Hall–Kier alpha value is -1.05. The van der Waals surface area contributed by atoms with Crippen LogP contribution in [0.25, 0.3) is 0 Å². The van der Waals surface area contributed by atoms with Crippen molar-refractivity contribution in [2.24, 2.45) is 0 Å². The van der Waals surface area contributed by atoms with Crippen molar-refractivity contribution >= 4 is 25.7 Å². The van der Waals surface area contributed by atoms with E-state index in [9.17, 15) is 13.2 Å². The van der Waals surface area contributed by atoms with Crippen molar-refractivity contribution in [1.29, 1.82) is 0 Å². The number of methoxy groups -OCH3 is 1. The van der Waals surface area contributed by atoms with Gasteiger partial charge < -0.3 is 14.0 Å². The lowest BCUT2D eigenvalue weighted by Crippen LogP contribution is -2.25. The fourth-order valence-electron chi connectivity index (χ4n) is 1.49. The summed E-state index contributed by atoms with van der Waals surface area (Å²) < 4.78 is 34.3. The maximum Gasteiger partial charge on any atom is 0.355 e. The van der Waals surface area contributed by atoms with Gasteiger partial charge in [0, 0.05) is 30.5 Å². The summed E-state index contributed by atoms with van der Waals surface area (Å²) in [6.07, 6.45) is 1.29. The van der Waals surface area contributed by atoms with Gasteiger partial charge in [-0.1, -0.05) is 0 Å². The number of rotatable bonds is 5. The lowest BCUT2D eigenvalue weighted by atomic mass is 10.2. The molecule has 0 saturated carbocycles. The minimum absolute atomic E-state index is 0.121. The first kappa shape index (κ1) is 17.0. The molecule has 1 aromatic rings. The number of carbonyl (C=O) groups is 1. The summed E-state index contributed by atoms with van der Waals surface area (Å²) in [4.78, 5) is 11.9. The predicted molar refractivity (Wildman–Crippen MR) is 74.5 cm³/mol. The highest BCUT2D eigenvalue weighted by molar-refractivity contribution is 8.13. The number of nitrogens with zero attached hydrogens (tertiary/aromatic N) is 1. The van der Waals surface area contributed by atoms with Crippen molar-refractivity contribution in [3.05, 3.63) is 18.0 Å². The molecule has 1 rings (SSSR count). The first-order valence-electron chi connectivity index (χ1n) is 5.92. The topological polar surface area (TPSA) is 74.6 Å². The van der Waals surface area contributed by atoms with E-state index in [1.54, 1.807) is 20.8 Å². The van der Waals surface area contributed by atoms with Gasteiger partial charge in [0.05, 0.1) is 6.61 Å². The monoisotopic (exact) mass is 323 g/mol. The molecule has 0 atom stereocenters. The molecule has 20 heavy (non-hydrogen) atoms. The lowest BCUT2D eigenvalue weighted by Gasteiger charge is -2.20. The molecule has 0 radical (unpaired) electrons. The van der Waals surface area contributed by atoms with E-state index in [0.29, 0.717) is 13.2 Å². The van der Waals surface area contributed by atoms with Gasteiger partial charge in [-0.25, -0.2) is 13.2 Å². The molecule has 0 spiro atoms. The molecule has 8 heteroatoms. The number of aromatic nitrogens is 1. The van der Waals surface area contributed by atoms with E-state index in [1.165, 1.54) is 23.9 Å². The lowest BCUT2D eigenvalue weighted by molar-refractivity contribution is 0.00564. The van der Waals surface area contributed by atoms with Crippen molar-refractivity contribution < 1.29 is 22.7 Å². The third-order valence-corrected chi connectivity index (χ3v) is 3.62. The molecule has 1 heterocycles. The molecule has 0 fully saturated rings. The fraction of sp³-hybridized carbons (Fsp3) is 0.583. The minimum atomic E-state index is -3.90. The van der Waals surface area contributed by atoms with Crippen molar-refractivity contribution in [2.75, 3.05) is 13.7 Å². The average molecular weight is 324 g/mol. The van der Waals surface area contributed by atoms with E-state index >= 15 is 0 Å². The average Bonchev–Trinajstić information content (AvgIpc) is 2.67. The Labute approximate surface area is 123 Å². The third kappa shape index (κ3) is 4.81. The third-order valence-electron chi connectivity index (χ3n) is 2.30. The van der Waals surface area contributed by atoms with Gasteiger partial charge in [-0.3, -0.25) is 0 Å². The van der Waals surface area contributed by atoms with Gasteiger partial charge in [0.2, 0.25) is 0 Å². The van der Waals surface area contributed by atoms with Crippen LogP contribution in [0.15, 0.2) is 17.2 Å². The van der Waals surface area contributed by atoms with Crippen LogP contribution in [0, 0.1) is 0 Å². The van der Waals surface area contributed by atoms with E-state index in [4.69, 9.17) is 20.2 Å². The Bertz CT molecular complexity index is 585. The van der Waals surface area contributed by atoms with Gasteiger partial charge >= 0.3 is 5.97 Å². The van der Waals surface area contributed by atoms with Crippen molar-refractivity contribution in [1.82, 2.24) is 4.57 Å². The number of esters is 1. The molecule has 0 aliphatic heterocycles. The van der Waals surface area contributed by atoms with Crippen LogP contribution in [-0.4, -0.2) is 38.3 Å². The highest BCUT2D eigenvalue weighted by Gasteiger charge is 2.24. The maximum absolute atomic E-state index is 12.1. The second-order valence-electron chi connectivity index (χ2n) is 5.19. The quantitative estimate of drug-likeness (QED) is 0.612. The van der Waals surface area contributed by atoms with Crippen LogP contribution in [0.1, 0.15) is 31.3 Å². The fourth-order valence-corrected chi connectivity index (χ4v) is 2.25. The largest absolute Gasteiger partial charge is 0.455 e. The zero-order valence-electron chi connectivity index (χ0n) is 11.8. The van der Waals surface area contributed by atoms with Gasteiger partial charge in [-0.2, -0.15) is 0 Å². The van der Waals surface area contributed by atoms with Crippen LogP contribution in [0.2, 0.25) is 0 Å². The van der Waals surface area contributed by atoms with Gasteiger partial charge in [0.1, 0.15) is 16.2 Å². The van der Waals surface area contributed by atoms with Crippen LogP contribution in [0.5, 0.6) is 0 Å². The smallest absolute Gasteiger partial charge is 0.355 e. The Kier molecular flexibility index (Phi) is 5.23. The summed E-state index contributed by atoms with van der Waals surface area (Å²) in [5, 5.41) is 0. The van der Waals surface area contributed by atoms with Crippen LogP contribution >= 0.6 is 10.7 Å². The Balaban J connectivity index is 3.15. The van der Waals surface area contributed by atoms with E-state index in [1.807, 2.05) is 0 Å². The Morgan fingerprint density at radius 2 is 2.00 bits per heavy atom. The zero-order valence-corrected chi connectivity index (χ0v) is 13.4. The van der Waals surface area contributed by atoms with Crippen LogP contribution in [0.4, 0.5) is 0 Å². The summed E-state index contributed by atoms with van der Waals surface area (Å²) in [5.41, 5.74) is -0.552. The molecule has 0 bridgehead atoms. The molecule has 0 saturated heterocycles. The molecule has 6 nitrogen and oxygen atoms in total. The van der Waals surface area contributed by atoms with Crippen LogP contribution in [-0.2, 0) is 25.1 Å². The molecule has 0 aromatic carbocycles. The second kappa shape index (κ2) is 6.15. The Morgan fingerprint density at radius 3 is 2.45 bits per heavy atom. The molecule has 0 amide bonds. The van der Waals surface area contributed by atoms with Gasteiger partial charge in [-0.15, -0.1) is 0 Å². The second-order valence-corrected chi connectivity index (χ2v) is 7.75. The maximum atomic E-state index is 12.1. The van der Waals surface area contributed by atoms with Crippen molar-refractivity contribution in [2.45, 2.75) is 37.8 Å². The van der Waals surface area contributed by atoms with Gasteiger partial charge in [-0.05, 0) is 26.8 Å². The van der Waals surface area contributed by atoms with Crippen molar-refractivity contribution in [3.8, 4) is 0 Å². The number of ether oxygens (including phenoxy) is 2. The zero-order chi connectivity index (χ0) is 15.6. The molecule has 1 aromatic heterocycles. The molecular weight excluding hydrogens is 306 g/mol. The summed E-state index contributed by atoms with van der Waals surface area (Å²) >= 11 is 0. The van der Waals surface area contributed by atoms with Gasteiger partial charge in [0.15, 0.2) is 0 Å². The predicted octanol–water partition coefficient (Wildman–Crippen LogP) is 2.02. The molecule has 114 valence electrons. The summed E-state index contributed by atoms with van der Waals surface area (Å²) in [6.45, 7) is 5.83. The number of carbonyl (C=O) groups excluding carboxylic acids is 1. The highest BCUT2D eigenvalue weighted by atomic mass is 35.7.